The number of carboxylic acids is 1. The highest BCUT2D eigenvalue weighted by Gasteiger charge is 2.31. The standard InChI is InChI=1S/C12H20N2O2/c1-4-5-6-12(2,3)14-8-7-13-9-10(14)11(15)16/h7,9H,4-6,8H2,1-3H3,(H,15,16). The fourth-order valence-corrected chi connectivity index (χ4v) is 1.91. The molecule has 0 atom stereocenters. The van der Waals surface area contributed by atoms with Crippen LogP contribution in [0.3, 0.4) is 0 Å². The van der Waals surface area contributed by atoms with E-state index in [9.17, 15) is 4.79 Å². The van der Waals surface area contributed by atoms with Crippen LogP contribution >= 0.6 is 0 Å². The first kappa shape index (κ1) is 12.7. The van der Waals surface area contributed by atoms with Gasteiger partial charge in [-0.25, -0.2) is 4.79 Å². The zero-order chi connectivity index (χ0) is 12.2. The molecular weight excluding hydrogens is 204 g/mol. The minimum absolute atomic E-state index is 0.132. The zero-order valence-corrected chi connectivity index (χ0v) is 10.2. The lowest BCUT2D eigenvalue weighted by Crippen LogP contribution is -2.46. The zero-order valence-electron chi connectivity index (χ0n) is 10.2. The summed E-state index contributed by atoms with van der Waals surface area (Å²) < 4.78 is 0. The van der Waals surface area contributed by atoms with Crippen molar-refractivity contribution in [2.45, 2.75) is 45.6 Å². The van der Waals surface area contributed by atoms with Crippen LogP contribution in [0.1, 0.15) is 40.0 Å². The molecule has 0 aliphatic carbocycles. The summed E-state index contributed by atoms with van der Waals surface area (Å²) in [5.41, 5.74) is 0.163. The predicted molar refractivity (Wildman–Crippen MR) is 64.5 cm³/mol. The van der Waals surface area contributed by atoms with Gasteiger partial charge in [0.2, 0.25) is 0 Å². The van der Waals surface area contributed by atoms with Gasteiger partial charge in [0.25, 0.3) is 0 Å². The van der Waals surface area contributed by atoms with Crippen LogP contribution in [0.5, 0.6) is 0 Å². The molecule has 0 spiro atoms. The minimum Gasteiger partial charge on any atom is -0.477 e. The minimum atomic E-state index is -0.901. The van der Waals surface area contributed by atoms with Crippen molar-refractivity contribution in [3.8, 4) is 0 Å². The molecule has 1 aliphatic heterocycles. The predicted octanol–water partition coefficient (Wildman–Crippen LogP) is 2.27. The molecule has 0 amide bonds. The maximum Gasteiger partial charge on any atom is 0.353 e. The van der Waals surface area contributed by atoms with Crippen molar-refractivity contribution >= 4 is 12.2 Å². The summed E-state index contributed by atoms with van der Waals surface area (Å²) in [6.45, 7) is 6.88. The van der Waals surface area contributed by atoms with E-state index in [2.05, 4.69) is 25.8 Å². The second-order valence-electron chi connectivity index (χ2n) is 4.68. The van der Waals surface area contributed by atoms with E-state index in [-0.39, 0.29) is 5.54 Å². The number of carbonyl (C=O) groups is 1. The third kappa shape index (κ3) is 2.84. The second-order valence-corrected chi connectivity index (χ2v) is 4.68. The molecule has 0 aromatic rings. The van der Waals surface area contributed by atoms with Gasteiger partial charge in [0, 0.05) is 11.8 Å². The maximum atomic E-state index is 11.1. The molecular formula is C12H20N2O2. The van der Waals surface area contributed by atoms with Gasteiger partial charge in [-0.3, -0.25) is 4.99 Å². The molecule has 0 bridgehead atoms. The summed E-state index contributed by atoms with van der Waals surface area (Å²) in [7, 11) is 0. The van der Waals surface area contributed by atoms with Crippen molar-refractivity contribution in [3.05, 3.63) is 11.9 Å². The van der Waals surface area contributed by atoms with Gasteiger partial charge in [-0.2, -0.15) is 0 Å². The summed E-state index contributed by atoms with van der Waals surface area (Å²) in [6.07, 6.45) is 6.40. The number of unbranched alkanes of at least 4 members (excludes halogenated alkanes) is 1. The molecule has 0 saturated carbocycles. The Bertz CT molecular complexity index is 319. The van der Waals surface area contributed by atoms with Crippen LogP contribution in [0.15, 0.2) is 16.9 Å². The van der Waals surface area contributed by atoms with Crippen LogP contribution < -0.4 is 0 Å². The smallest absolute Gasteiger partial charge is 0.353 e. The van der Waals surface area contributed by atoms with E-state index < -0.39 is 5.97 Å². The van der Waals surface area contributed by atoms with Crippen molar-refractivity contribution in [2.24, 2.45) is 4.99 Å². The molecule has 16 heavy (non-hydrogen) atoms. The first-order valence-electron chi connectivity index (χ1n) is 5.72. The molecule has 0 aromatic carbocycles. The SMILES string of the molecule is CCCCC(C)(C)N1CC=NC=C1C(=O)O. The quantitative estimate of drug-likeness (QED) is 0.779. The van der Waals surface area contributed by atoms with Crippen molar-refractivity contribution in [1.29, 1.82) is 0 Å². The van der Waals surface area contributed by atoms with Crippen molar-refractivity contribution < 1.29 is 9.90 Å². The number of aliphatic carboxylic acids is 1. The van der Waals surface area contributed by atoms with Gasteiger partial charge in [0.05, 0.1) is 12.7 Å². The first-order chi connectivity index (χ1) is 7.49. The normalized spacial score (nSPS) is 16.2. The monoisotopic (exact) mass is 224 g/mol. The number of aliphatic imine (C=N–C) groups is 1. The highest BCUT2D eigenvalue weighted by molar-refractivity contribution is 5.87. The van der Waals surface area contributed by atoms with E-state index in [0.717, 1.165) is 19.3 Å². The molecule has 1 rings (SSSR count). The van der Waals surface area contributed by atoms with E-state index in [0.29, 0.717) is 12.2 Å². The fraction of sp³-hybridized carbons (Fsp3) is 0.667. The van der Waals surface area contributed by atoms with Crippen LogP contribution in [0.2, 0.25) is 0 Å². The van der Waals surface area contributed by atoms with Crippen LogP contribution in [0.4, 0.5) is 0 Å². The third-order valence-electron chi connectivity index (χ3n) is 2.95. The Morgan fingerprint density at radius 1 is 1.62 bits per heavy atom. The molecule has 0 radical (unpaired) electrons. The average molecular weight is 224 g/mol. The Morgan fingerprint density at radius 2 is 2.31 bits per heavy atom. The summed E-state index contributed by atoms with van der Waals surface area (Å²) in [5.74, 6) is -0.901. The Morgan fingerprint density at radius 3 is 2.88 bits per heavy atom. The van der Waals surface area contributed by atoms with Crippen LogP contribution in [0.25, 0.3) is 0 Å². The van der Waals surface area contributed by atoms with Gasteiger partial charge in [-0.05, 0) is 20.3 Å². The van der Waals surface area contributed by atoms with Crippen molar-refractivity contribution in [3.63, 3.8) is 0 Å². The Balaban J connectivity index is 2.82. The largest absolute Gasteiger partial charge is 0.477 e. The van der Waals surface area contributed by atoms with Gasteiger partial charge >= 0.3 is 5.97 Å². The third-order valence-corrected chi connectivity index (χ3v) is 2.95. The molecule has 0 unspecified atom stereocenters. The van der Waals surface area contributed by atoms with Gasteiger partial charge in [0.15, 0.2) is 0 Å². The average Bonchev–Trinajstić information content (AvgIpc) is 2.26. The van der Waals surface area contributed by atoms with Crippen molar-refractivity contribution in [2.75, 3.05) is 6.54 Å². The number of nitrogens with zero attached hydrogens (tertiary/aromatic N) is 2. The van der Waals surface area contributed by atoms with Crippen LogP contribution in [0, 0.1) is 0 Å². The molecule has 1 aliphatic rings. The maximum absolute atomic E-state index is 11.1. The van der Waals surface area contributed by atoms with E-state index >= 15 is 0 Å². The Labute approximate surface area is 96.7 Å². The first-order valence-corrected chi connectivity index (χ1v) is 5.72. The molecule has 4 nitrogen and oxygen atoms in total. The highest BCUT2D eigenvalue weighted by atomic mass is 16.4. The highest BCUT2D eigenvalue weighted by Crippen LogP contribution is 2.26. The second kappa shape index (κ2) is 5.14. The molecule has 0 fully saturated rings. The van der Waals surface area contributed by atoms with Gasteiger partial charge in [-0.15, -0.1) is 0 Å². The molecule has 0 aromatic heterocycles. The summed E-state index contributed by atoms with van der Waals surface area (Å²) in [5, 5.41) is 9.11. The van der Waals surface area contributed by atoms with E-state index in [1.165, 1.54) is 6.20 Å². The number of hydrogen-bond donors (Lipinski definition) is 1. The van der Waals surface area contributed by atoms with Gasteiger partial charge in [0.1, 0.15) is 5.70 Å². The Hall–Kier alpha value is -1.32. The lowest BCUT2D eigenvalue weighted by Gasteiger charge is -2.40. The van der Waals surface area contributed by atoms with E-state index in [4.69, 9.17) is 5.11 Å². The van der Waals surface area contributed by atoms with Crippen LogP contribution in [-0.2, 0) is 4.79 Å². The molecule has 4 heteroatoms. The lowest BCUT2D eigenvalue weighted by atomic mass is 9.94. The summed E-state index contributed by atoms with van der Waals surface area (Å²) in [4.78, 5) is 16.9. The summed E-state index contributed by atoms with van der Waals surface area (Å²) in [6, 6.07) is 0. The number of hydrogen-bond acceptors (Lipinski definition) is 3. The molecule has 90 valence electrons. The fourth-order valence-electron chi connectivity index (χ4n) is 1.91. The van der Waals surface area contributed by atoms with Crippen molar-refractivity contribution in [1.82, 2.24) is 4.90 Å². The Kier molecular flexibility index (Phi) is 4.10. The van der Waals surface area contributed by atoms with E-state index in [1.54, 1.807) is 6.21 Å². The molecule has 1 N–H and O–H groups in total. The topological polar surface area (TPSA) is 52.9 Å². The van der Waals surface area contributed by atoms with Crippen LogP contribution in [-0.4, -0.2) is 34.3 Å². The van der Waals surface area contributed by atoms with Gasteiger partial charge < -0.3 is 10.0 Å². The molecule has 0 saturated heterocycles. The lowest BCUT2D eigenvalue weighted by molar-refractivity contribution is -0.135. The number of rotatable bonds is 5. The molecule has 1 heterocycles. The summed E-state index contributed by atoms with van der Waals surface area (Å²) >= 11 is 0. The van der Waals surface area contributed by atoms with E-state index in [1.807, 2.05) is 4.90 Å². The number of carboxylic acid groups (broad SMARTS) is 1. The van der Waals surface area contributed by atoms with Gasteiger partial charge in [-0.1, -0.05) is 19.8 Å².